The Morgan fingerprint density at radius 1 is 1.29 bits per heavy atom. The van der Waals surface area contributed by atoms with Crippen LogP contribution in [-0.4, -0.2) is 44.3 Å². The number of nitrogens with zero attached hydrogens (tertiary/aromatic N) is 2. The highest BCUT2D eigenvalue weighted by Crippen LogP contribution is 2.19. The molecule has 2 rings (SSSR count). The Hall–Kier alpha value is -1.15. The second-order valence-electron chi connectivity index (χ2n) is 3.55. The van der Waals surface area contributed by atoms with Crippen molar-refractivity contribution in [2.45, 2.75) is 0 Å². The number of hydrogen-bond acceptors (Lipinski definition) is 4. The molecule has 0 aliphatic carbocycles. The lowest BCUT2D eigenvalue weighted by Crippen LogP contribution is -2.51. The lowest BCUT2D eigenvalue weighted by molar-refractivity contribution is 0.0400. The standard InChI is InChI=1S/C10H13N2O4S/c13-17(14,15)12(10-4-2-1-3-5-10)11-6-8-16-9-7-11/h2-5H,6-9H2,(H,13,14,15). The first-order valence-corrected chi connectivity index (χ1v) is 6.55. The Morgan fingerprint density at radius 2 is 1.88 bits per heavy atom. The van der Waals surface area contributed by atoms with Crippen LogP contribution in [0.25, 0.3) is 0 Å². The van der Waals surface area contributed by atoms with Crippen molar-refractivity contribution in [1.29, 1.82) is 0 Å². The van der Waals surface area contributed by atoms with Gasteiger partial charge in [0.25, 0.3) is 0 Å². The van der Waals surface area contributed by atoms with E-state index in [0.717, 1.165) is 4.41 Å². The first-order chi connectivity index (χ1) is 8.09. The molecule has 0 unspecified atom stereocenters. The summed E-state index contributed by atoms with van der Waals surface area (Å²) in [4.78, 5) is 0. The largest absolute Gasteiger partial charge is 0.379 e. The van der Waals surface area contributed by atoms with Gasteiger partial charge in [-0.05, 0) is 18.2 Å². The van der Waals surface area contributed by atoms with Gasteiger partial charge < -0.3 is 4.74 Å². The molecule has 1 N–H and O–H groups in total. The maximum absolute atomic E-state index is 11.4. The van der Waals surface area contributed by atoms with Crippen molar-refractivity contribution in [2.24, 2.45) is 0 Å². The molecule has 0 saturated carbocycles. The average Bonchev–Trinajstić information content (AvgIpc) is 2.30. The van der Waals surface area contributed by atoms with Gasteiger partial charge in [-0.1, -0.05) is 12.1 Å². The molecule has 93 valence electrons. The van der Waals surface area contributed by atoms with E-state index in [1.165, 1.54) is 5.01 Å². The fourth-order valence-electron chi connectivity index (χ4n) is 1.68. The Kier molecular flexibility index (Phi) is 3.63. The third kappa shape index (κ3) is 2.95. The molecule has 0 amide bonds. The van der Waals surface area contributed by atoms with Crippen molar-refractivity contribution in [2.75, 3.05) is 30.7 Å². The summed E-state index contributed by atoms with van der Waals surface area (Å²) < 4.78 is 38.2. The number of hydrogen-bond donors (Lipinski definition) is 1. The Labute approximate surface area is 100 Å². The van der Waals surface area contributed by atoms with Crippen LogP contribution in [0.5, 0.6) is 0 Å². The van der Waals surface area contributed by atoms with E-state index in [4.69, 9.17) is 4.74 Å². The SMILES string of the molecule is O=S(=O)(O)N(c1cc[c]cc1)N1CCOCC1. The van der Waals surface area contributed by atoms with E-state index >= 15 is 0 Å². The van der Waals surface area contributed by atoms with Gasteiger partial charge in [0.2, 0.25) is 0 Å². The van der Waals surface area contributed by atoms with E-state index in [0.29, 0.717) is 32.0 Å². The van der Waals surface area contributed by atoms with Gasteiger partial charge in [-0.3, -0.25) is 4.55 Å². The molecule has 1 fully saturated rings. The molecular formula is C10H13N2O4S. The van der Waals surface area contributed by atoms with Crippen LogP contribution in [0, 0.1) is 6.07 Å². The zero-order valence-corrected chi connectivity index (χ0v) is 9.93. The summed E-state index contributed by atoms with van der Waals surface area (Å²) in [6.45, 7) is 1.70. The van der Waals surface area contributed by atoms with E-state index in [9.17, 15) is 13.0 Å². The number of ether oxygens (including phenoxy) is 1. The normalized spacial score (nSPS) is 17.9. The van der Waals surface area contributed by atoms with Crippen LogP contribution in [0.4, 0.5) is 5.69 Å². The summed E-state index contributed by atoms with van der Waals surface area (Å²) in [5, 5.41) is 1.54. The summed E-state index contributed by atoms with van der Waals surface area (Å²) in [5.41, 5.74) is 0.383. The van der Waals surface area contributed by atoms with Crippen molar-refractivity contribution in [3.63, 3.8) is 0 Å². The van der Waals surface area contributed by atoms with Crippen molar-refractivity contribution < 1.29 is 17.7 Å². The maximum atomic E-state index is 11.4. The van der Waals surface area contributed by atoms with Crippen molar-refractivity contribution in [1.82, 2.24) is 5.01 Å². The highest BCUT2D eigenvalue weighted by atomic mass is 32.2. The Balaban J connectivity index is 2.32. The molecule has 0 atom stereocenters. The van der Waals surface area contributed by atoms with Crippen LogP contribution in [0.3, 0.4) is 0 Å². The first kappa shape index (κ1) is 12.3. The molecule has 1 saturated heterocycles. The van der Waals surface area contributed by atoms with Crippen LogP contribution in [0.2, 0.25) is 0 Å². The Bertz CT molecular complexity index is 456. The molecule has 0 aromatic heterocycles. The molecule has 17 heavy (non-hydrogen) atoms. The highest BCUT2D eigenvalue weighted by molar-refractivity contribution is 7.87. The van der Waals surface area contributed by atoms with Crippen LogP contribution in [-0.2, 0) is 15.0 Å². The fourth-order valence-corrected chi connectivity index (χ4v) is 2.53. The molecule has 1 aliphatic rings. The minimum atomic E-state index is -4.33. The van der Waals surface area contributed by atoms with E-state index in [1.807, 2.05) is 0 Å². The topological polar surface area (TPSA) is 70.1 Å². The number of anilines is 1. The maximum Gasteiger partial charge on any atom is 0.373 e. The second-order valence-corrected chi connectivity index (χ2v) is 4.79. The van der Waals surface area contributed by atoms with Crippen LogP contribution in [0.1, 0.15) is 0 Å². The molecule has 7 heteroatoms. The van der Waals surface area contributed by atoms with Gasteiger partial charge in [-0.25, -0.2) is 5.01 Å². The quantitative estimate of drug-likeness (QED) is 0.791. The lowest BCUT2D eigenvalue weighted by atomic mass is 10.3. The second kappa shape index (κ2) is 5.01. The minimum absolute atomic E-state index is 0.383. The van der Waals surface area contributed by atoms with Crippen molar-refractivity contribution in [3.05, 3.63) is 30.3 Å². The van der Waals surface area contributed by atoms with Gasteiger partial charge in [0.1, 0.15) is 0 Å². The molecule has 1 aliphatic heterocycles. The van der Waals surface area contributed by atoms with E-state index in [2.05, 4.69) is 6.07 Å². The zero-order valence-electron chi connectivity index (χ0n) is 9.11. The van der Waals surface area contributed by atoms with Gasteiger partial charge in [-0.2, -0.15) is 12.8 Å². The first-order valence-electron chi connectivity index (χ1n) is 5.15. The van der Waals surface area contributed by atoms with Gasteiger partial charge >= 0.3 is 10.3 Å². The van der Waals surface area contributed by atoms with Crippen LogP contribution < -0.4 is 4.41 Å². The van der Waals surface area contributed by atoms with Crippen molar-refractivity contribution >= 4 is 16.0 Å². The fraction of sp³-hybridized carbons (Fsp3) is 0.400. The van der Waals surface area contributed by atoms with Gasteiger partial charge in [0, 0.05) is 13.1 Å². The molecule has 1 heterocycles. The summed E-state index contributed by atoms with van der Waals surface area (Å²) in [7, 11) is -4.33. The van der Waals surface area contributed by atoms with E-state index < -0.39 is 10.3 Å². The predicted octanol–water partition coefficient (Wildman–Crippen LogP) is 0.343. The summed E-state index contributed by atoms with van der Waals surface area (Å²) in [6.07, 6.45) is 0. The van der Waals surface area contributed by atoms with Gasteiger partial charge in [-0.15, -0.1) is 0 Å². The van der Waals surface area contributed by atoms with Crippen molar-refractivity contribution in [3.8, 4) is 0 Å². The van der Waals surface area contributed by atoms with Gasteiger partial charge in [0.15, 0.2) is 0 Å². The molecule has 1 aromatic carbocycles. The molecule has 0 spiro atoms. The van der Waals surface area contributed by atoms with Crippen LogP contribution >= 0.6 is 0 Å². The Morgan fingerprint density at radius 3 is 2.41 bits per heavy atom. The predicted molar refractivity (Wildman–Crippen MR) is 61.7 cm³/mol. The molecule has 6 nitrogen and oxygen atoms in total. The average molecular weight is 257 g/mol. The highest BCUT2D eigenvalue weighted by Gasteiger charge is 2.28. The number of morpholine rings is 1. The number of benzene rings is 1. The van der Waals surface area contributed by atoms with E-state index in [1.54, 1.807) is 24.3 Å². The number of rotatable bonds is 3. The lowest BCUT2D eigenvalue weighted by Gasteiger charge is -2.35. The molecule has 1 aromatic rings. The molecule has 1 radical (unpaired) electrons. The molecule has 0 bridgehead atoms. The van der Waals surface area contributed by atoms with Crippen LogP contribution in [0.15, 0.2) is 24.3 Å². The summed E-state index contributed by atoms with van der Waals surface area (Å²) in [6, 6.07) is 9.12. The monoisotopic (exact) mass is 257 g/mol. The van der Waals surface area contributed by atoms with E-state index in [-0.39, 0.29) is 0 Å². The third-order valence-corrected chi connectivity index (χ3v) is 3.26. The summed E-state index contributed by atoms with van der Waals surface area (Å²) >= 11 is 0. The summed E-state index contributed by atoms with van der Waals surface area (Å²) in [5.74, 6) is 0. The third-order valence-electron chi connectivity index (χ3n) is 2.38. The zero-order chi connectivity index (χ0) is 12.3. The minimum Gasteiger partial charge on any atom is -0.379 e. The van der Waals surface area contributed by atoms with Gasteiger partial charge in [0.05, 0.1) is 18.9 Å². The smallest absolute Gasteiger partial charge is 0.373 e. The number of hydrazine groups is 1. The molecular weight excluding hydrogens is 244 g/mol.